The topological polar surface area (TPSA) is 253 Å². The Labute approximate surface area is 293 Å². The Bertz CT molecular complexity index is 1080. The molecule has 0 aromatic carbocycles. The van der Waals surface area contributed by atoms with Crippen LogP contribution >= 0.6 is 0 Å². The Morgan fingerprint density at radius 1 is 0.660 bits per heavy atom. The molecule has 1 aliphatic heterocycles. The second-order valence-electron chi connectivity index (χ2n) is 11.9. The molecular weight excluding hydrogens is 658 g/mol. The van der Waals surface area contributed by atoms with Gasteiger partial charge in [-0.1, -0.05) is 20.3 Å². The Hall–Kier alpha value is -3.75. The summed E-state index contributed by atoms with van der Waals surface area (Å²) in [6.07, 6.45) is 2.22. The van der Waals surface area contributed by atoms with Crippen molar-refractivity contribution in [2.75, 3.05) is 111 Å². The van der Waals surface area contributed by atoms with E-state index in [-0.39, 0.29) is 38.5 Å². The standard InChI is InChI=1S/C31H57N9O10/c1-3-5-7-33-30(49)24(22-42)36-27(45)19-34-31(50)25(23-43)35-26(44)6-8-32-28(46)20-39-13-10-37(4-2)9-11-38(17-18-41)12-14-40(16-15-39)21-29(47)48/h18,24-25,42-43H,3-17,19-23H2,1-2H3,(H,32,46)(H,33,49)(H,34,50)(H,35,44)(H,36,45)(H,47,48). The van der Waals surface area contributed by atoms with E-state index in [4.69, 9.17) is 0 Å². The summed E-state index contributed by atoms with van der Waals surface area (Å²) in [7, 11) is 0. The number of rotatable bonds is 21. The first-order chi connectivity index (χ1) is 23.9. The molecular formula is C31H57N9O10. The van der Waals surface area contributed by atoms with E-state index in [0.29, 0.717) is 58.9 Å². The Morgan fingerprint density at radius 3 is 1.70 bits per heavy atom. The van der Waals surface area contributed by atoms with Crippen LogP contribution in [-0.2, 0) is 33.6 Å². The van der Waals surface area contributed by atoms with Gasteiger partial charge in [-0.2, -0.15) is 0 Å². The molecule has 5 amide bonds. The smallest absolute Gasteiger partial charge is 0.317 e. The number of hydrogen-bond donors (Lipinski definition) is 8. The van der Waals surface area contributed by atoms with Crippen LogP contribution < -0.4 is 26.6 Å². The van der Waals surface area contributed by atoms with Gasteiger partial charge in [0.15, 0.2) is 0 Å². The lowest BCUT2D eigenvalue weighted by atomic mass is 10.2. The van der Waals surface area contributed by atoms with Crippen molar-refractivity contribution < 1.29 is 48.9 Å². The molecule has 19 heteroatoms. The quantitative estimate of drug-likeness (QED) is 0.0410. The first-order valence-electron chi connectivity index (χ1n) is 17.1. The fourth-order valence-corrected chi connectivity index (χ4v) is 4.97. The van der Waals surface area contributed by atoms with E-state index >= 15 is 0 Å². The van der Waals surface area contributed by atoms with Gasteiger partial charge in [0.25, 0.3) is 0 Å². The summed E-state index contributed by atoms with van der Waals surface area (Å²) in [5, 5.41) is 40.6. The Kier molecular flexibility index (Phi) is 23.1. The minimum Gasteiger partial charge on any atom is -0.480 e. The summed E-state index contributed by atoms with van der Waals surface area (Å²) in [4.78, 5) is 92.5. The molecule has 0 spiro atoms. The number of nitrogens with one attached hydrogen (secondary N) is 5. The van der Waals surface area contributed by atoms with Crippen molar-refractivity contribution in [3.05, 3.63) is 0 Å². The number of aliphatic hydroxyl groups is 2. The predicted molar refractivity (Wildman–Crippen MR) is 182 cm³/mol. The third-order valence-electron chi connectivity index (χ3n) is 8.03. The van der Waals surface area contributed by atoms with Crippen molar-refractivity contribution in [2.45, 2.75) is 45.2 Å². The second kappa shape index (κ2) is 26.1. The first kappa shape index (κ1) is 44.3. The lowest BCUT2D eigenvalue weighted by molar-refractivity contribution is -0.138. The number of amides is 5. The highest BCUT2D eigenvalue weighted by atomic mass is 16.4. The van der Waals surface area contributed by atoms with E-state index < -0.39 is 61.4 Å². The number of carbonyl (C=O) groups excluding carboxylic acids is 6. The summed E-state index contributed by atoms with van der Waals surface area (Å²) < 4.78 is 0. The van der Waals surface area contributed by atoms with Crippen LogP contribution in [0.2, 0.25) is 0 Å². The molecule has 8 N–H and O–H groups in total. The first-order valence-corrected chi connectivity index (χ1v) is 17.1. The molecule has 0 aromatic rings. The molecule has 2 atom stereocenters. The highest BCUT2D eigenvalue weighted by molar-refractivity contribution is 5.92. The lowest BCUT2D eigenvalue weighted by Gasteiger charge is -2.32. The van der Waals surface area contributed by atoms with Gasteiger partial charge in [-0.25, -0.2) is 0 Å². The average molecular weight is 716 g/mol. The molecule has 1 fully saturated rings. The fourth-order valence-electron chi connectivity index (χ4n) is 4.97. The molecule has 50 heavy (non-hydrogen) atoms. The zero-order valence-electron chi connectivity index (χ0n) is 29.4. The van der Waals surface area contributed by atoms with Crippen LogP contribution in [-0.4, -0.2) is 200 Å². The van der Waals surface area contributed by atoms with E-state index in [1.165, 1.54) is 0 Å². The van der Waals surface area contributed by atoms with Gasteiger partial charge in [-0.3, -0.25) is 43.5 Å². The Morgan fingerprint density at radius 2 is 1.18 bits per heavy atom. The molecule has 0 aliphatic carbocycles. The molecule has 1 aliphatic rings. The largest absolute Gasteiger partial charge is 0.480 e. The molecule has 1 rings (SSSR count). The number of carbonyl (C=O) groups is 7. The fraction of sp³-hybridized carbons (Fsp3) is 0.774. The van der Waals surface area contributed by atoms with E-state index in [1.54, 1.807) is 4.90 Å². The maximum Gasteiger partial charge on any atom is 0.317 e. The van der Waals surface area contributed by atoms with Crippen LogP contribution in [0.4, 0.5) is 0 Å². The van der Waals surface area contributed by atoms with Gasteiger partial charge in [-0.05, 0) is 13.0 Å². The van der Waals surface area contributed by atoms with E-state index in [0.717, 1.165) is 25.7 Å². The number of aldehydes is 1. The normalized spacial score (nSPS) is 16.9. The zero-order chi connectivity index (χ0) is 37.3. The molecule has 2 unspecified atom stereocenters. The third kappa shape index (κ3) is 19.4. The number of likely N-dealkylation sites (N-methyl/N-ethyl adjacent to an activating group) is 1. The lowest BCUT2D eigenvalue weighted by Crippen LogP contribution is -2.54. The van der Waals surface area contributed by atoms with Crippen LogP contribution in [0, 0.1) is 0 Å². The van der Waals surface area contributed by atoms with Crippen LogP contribution in [0.3, 0.4) is 0 Å². The van der Waals surface area contributed by atoms with E-state index in [2.05, 4.69) is 31.5 Å². The molecule has 1 saturated heterocycles. The molecule has 0 saturated carbocycles. The number of carboxylic acids is 1. The van der Waals surface area contributed by atoms with Crippen LogP contribution in [0.1, 0.15) is 33.1 Å². The number of hydrogen-bond acceptors (Lipinski definition) is 13. The Balaban J connectivity index is 2.59. The molecule has 286 valence electrons. The van der Waals surface area contributed by atoms with Gasteiger partial charge in [0.1, 0.15) is 18.4 Å². The van der Waals surface area contributed by atoms with Gasteiger partial charge in [0, 0.05) is 71.9 Å². The average Bonchev–Trinajstić information content (AvgIpc) is 3.08. The second-order valence-corrected chi connectivity index (χ2v) is 11.9. The summed E-state index contributed by atoms with van der Waals surface area (Å²) >= 11 is 0. The van der Waals surface area contributed by atoms with Gasteiger partial charge in [0.2, 0.25) is 29.5 Å². The molecule has 19 nitrogen and oxygen atoms in total. The number of nitrogens with zero attached hydrogens (tertiary/aromatic N) is 4. The monoisotopic (exact) mass is 715 g/mol. The van der Waals surface area contributed by atoms with E-state index in [9.17, 15) is 48.9 Å². The zero-order valence-corrected chi connectivity index (χ0v) is 29.4. The number of carboxylic acid groups (broad SMARTS) is 1. The summed E-state index contributed by atoms with van der Waals surface area (Å²) in [5.41, 5.74) is 0. The van der Waals surface area contributed by atoms with Crippen LogP contribution in [0.25, 0.3) is 0 Å². The van der Waals surface area contributed by atoms with Crippen molar-refractivity contribution >= 4 is 41.8 Å². The molecule has 0 radical (unpaired) electrons. The SMILES string of the molecule is CCCCNC(=O)C(CO)NC(=O)CNC(=O)C(CO)NC(=O)CCNC(=O)CN1CCN(CC)CCN(CC=O)CCN(CC(=O)O)CC1. The maximum absolute atomic E-state index is 12.8. The number of aliphatic hydroxyl groups excluding tert-OH is 2. The van der Waals surface area contributed by atoms with Crippen molar-refractivity contribution in [3.8, 4) is 0 Å². The van der Waals surface area contributed by atoms with Crippen molar-refractivity contribution in [1.82, 2.24) is 46.2 Å². The summed E-state index contributed by atoms with van der Waals surface area (Å²) in [6, 6.07) is -2.58. The van der Waals surface area contributed by atoms with Crippen molar-refractivity contribution in [3.63, 3.8) is 0 Å². The maximum atomic E-state index is 12.8. The van der Waals surface area contributed by atoms with Gasteiger partial charge < -0.3 is 51.6 Å². The van der Waals surface area contributed by atoms with Crippen LogP contribution in [0.15, 0.2) is 0 Å². The van der Waals surface area contributed by atoms with Crippen molar-refractivity contribution in [1.29, 1.82) is 0 Å². The minimum absolute atomic E-state index is 0.0125. The summed E-state index contributed by atoms with van der Waals surface area (Å²) in [5.74, 6) is -4.13. The highest BCUT2D eigenvalue weighted by Gasteiger charge is 2.23. The highest BCUT2D eigenvalue weighted by Crippen LogP contribution is 2.01. The van der Waals surface area contributed by atoms with E-state index in [1.807, 2.05) is 23.6 Å². The minimum atomic E-state index is -1.37. The third-order valence-corrected chi connectivity index (χ3v) is 8.03. The molecule has 0 bridgehead atoms. The number of unbranched alkanes of at least 4 members (excludes halogenated alkanes) is 1. The molecule has 1 heterocycles. The summed E-state index contributed by atoms with van der Waals surface area (Å²) in [6.45, 7) is 7.55. The predicted octanol–water partition coefficient (Wildman–Crippen LogP) is -5.00. The van der Waals surface area contributed by atoms with Gasteiger partial charge >= 0.3 is 5.97 Å². The molecule has 0 aromatic heterocycles. The van der Waals surface area contributed by atoms with Gasteiger partial charge in [-0.15, -0.1) is 0 Å². The van der Waals surface area contributed by atoms with Crippen molar-refractivity contribution in [2.24, 2.45) is 0 Å². The van der Waals surface area contributed by atoms with Crippen LogP contribution in [0.5, 0.6) is 0 Å². The van der Waals surface area contributed by atoms with Gasteiger partial charge in [0.05, 0.1) is 39.4 Å². The number of aliphatic carboxylic acids is 1.